The van der Waals surface area contributed by atoms with Crippen LogP contribution in [0.4, 0.5) is 0 Å². The summed E-state index contributed by atoms with van der Waals surface area (Å²) in [4.78, 5) is 0. The molecule has 1 rings (SSSR count). The maximum absolute atomic E-state index is 9.50. The van der Waals surface area contributed by atoms with Crippen LogP contribution in [-0.4, -0.2) is 19.6 Å². The van der Waals surface area contributed by atoms with Gasteiger partial charge in [0.05, 0.1) is 6.61 Å². The number of phenols is 1. The Morgan fingerprint density at radius 3 is 2.62 bits per heavy atom. The van der Waals surface area contributed by atoms with Crippen LogP contribution in [-0.2, 0) is 6.42 Å². The predicted octanol–water partition coefficient (Wildman–Crippen LogP) is 1.15. The van der Waals surface area contributed by atoms with Gasteiger partial charge in [-0.3, -0.25) is 0 Å². The van der Waals surface area contributed by atoms with Crippen molar-refractivity contribution in [2.24, 2.45) is 0 Å². The molecule has 0 heterocycles. The third-order valence-corrected chi connectivity index (χ3v) is 1.87. The van der Waals surface area contributed by atoms with E-state index in [9.17, 15) is 5.11 Å². The number of rotatable bonds is 3. The van der Waals surface area contributed by atoms with Crippen molar-refractivity contribution in [3.63, 3.8) is 0 Å². The molecule has 0 amide bonds. The zero-order valence-electron chi connectivity index (χ0n) is 8.00. The largest absolute Gasteiger partial charge is 0.505 e. The highest BCUT2D eigenvalue weighted by Crippen LogP contribution is 2.24. The van der Waals surface area contributed by atoms with E-state index in [4.69, 9.17) is 12.6 Å². The van der Waals surface area contributed by atoms with E-state index in [2.05, 4.69) is 0 Å². The van der Waals surface area contributed by atoms with Gasteiger partial charge in [0, 0.05) is 0 Å². The van der Waals surface area contributed by atoms with Gasteiger partial charge in [0.15, 0.2) is 5.75 Å². The maximum atomic E-state index is 9.50. The lowest BCUT2D eigenvalue weighted by atomic mass is 9.92. The summed E-state index contributed by atoms with van der Waals surface area (Å²) >= 11 is 0. The monoisotopic (exact) mass is 176 g/mol. The van der Waals surface area contributed by atoms with Crippen LogP contribution in [0.3, 0.4) is 0 Å². The van der Waals surface area contributed by atoms with E-state index in [1.807, 2.05) is 19.9 Å². The zero-order chi connectivity index (χ0) is 9.84. The molecule has 0 fully saturated rings. The second kappa shape index (κ2) is 4.22. The van der Waals surface area contributed by atoms with Gasteiger partial charge >= 0.3 is 0 Å². The highest BCUT2D eigenvalue weighted by molar-refractivity contribution is 6.34. The van der Waals surface area contributed by atoms with Crippen molar-refractivity contribution in [2.75, 3.05) is 6.61 Å². The normalized spacial score (nSPS) is 10.0. The standard InChI is InChI=1S/C10H13BO2/c1-3-7-5-8(11)10(12)9(6-7)13-4-2/h5-6,12H,3-4H2,1-2H3. The molecule has 1 aromatic rings. The average Bonchev–Trinajstić information content (AvgIpc) is 2.13. The summed E-state index contributed by atoms with van der Waals surface area (Å²) in [6.07, 6.45) is 0.880. The minimum atomic E-state index is 0.0408. The lowest BCUT2D eigenvalue weighted by Gasteiger charge is -2.10. The van der Waals surface area contributed by atoms with Crippen molar-refractivity contribution in [3.05, 3.63) is 17.7 Å². The molecule has 3 heteroatoms. The molecule has 0 aliphatic heterocycles. The Balaban J connectivity index is 3.09. The quantitative estimate of drug-likeness (QED) is 0.700. The molecular formula is C10H13BO2. The number of aryl methyl sites for hydroxylation is 1. The Bertz CT molecular complexity index is 297. The average molecular weight is 176 g/mol. The summed E-state index contributed by atoms with van der Waals surface area (Å²) < 4.78 is 5.23. The Labute approximate surface area is 80.0 Å². The van der Waals surface area contributed by atoms with E-state index >= 15 is 0 Å². The smallest absolute Gasteiger partial charge is 0.160 e. The van der Waals surface area contributed by atoms with Gasteiger partial charge in [0.2, 0.25) is 0 Å². The molecule has 1 aromatic carbocycles. The van der Waals surface area contributed by atoms with Crippen molar-refractivity contribution in [1.82, 2.24) is 0 Å². The zero-order valence-corrected chi connectivity index (χ0v) is 8.00. The molecule has 1 N–H and O–H groups in total. The first kappa shape index (κ1) is 9.97. The molecule has 2 radical (unpaired) electrons. The summed E-state index contributed by atoms with van der Waals surface area (Å²) in [7, 11) is 5.60. The van der Waals surface area contributed by atoms with Gasteiger partial charge in [-0.2, -0.15) is 0 Å². The van der Waals surface area contributed by atoms with E-state index < -0.39 is 0 Å². The fourth-order valence-electron chi connectivity index (χ4n) is 1.16. The van der Waals surface area contributed by atoms with Gasteiger partial charge in [-0.15, -0.1) is 0 Å². The highest BCUT2D eigenvalue weighted by atomic mass is 16.5. The first-order valence-electron chi connectivity index (χ1n) is 4.43. The van der Waals surface area contributed by atoms with Crippen molar-refractivity contribution < 1.29 is 9.84 Å². The van der Waals surface area contributed by atoms with Crippen LogP contribution < -0.4 is 10.2 Å². The van der Waals surface area contributed by atoms with Crippen LogP contribution >= 0.6 is 0 Å². The molecule has 0 unspecified atom stereocenters. The molecule has 2 nitrogen and oxygen atoms in total. The van der Waals surface area contributed by atoms with E-state index in [0.29, 0.717) is 17.8 Å². The van der Waals surface area contributed by atoms with Gasteiger partial charge < -0.3 is 9.84 Å². The number of benzene rings is 1. The second-order valence-corrected chi connectivity index (χ2v) is 2.82. The number of hydrogen-bond donors (Lipinski definition) is 1. The fraction of sp³-hybridized carbons (Fsp3) is 0.400. The van der Waals surface area contributed by atoms with Gasteiger partial charge in [-0.05, 0) is 25.0 Å². The number of phenolic OH excluding ortho intramolecular Hbond substituents is 1. The van der Waals surface area contributed by atoms with Crippen LogP contribution in [0.1, 0.15) is 19.4 Å². The Morgan fingerprint density at radius 2 is 2.08 bits per heavy atom. The van der Waals surface area contributed by atoms with E-state index in [-0.39, 0.29) is 5.75 Å². The topological polar surface area (TPSA) is 29.5 Å². The van der Waals surface area contributed by atoms with E-state index in [1.165, 1.54) is 0 Å². The minimum absolute atomic E-state index is 0.0408. The van der Waals surface area contributed by atoms with Crippen LogP contribution in [0, 0.1) is 0 Å². The third-order valence-electron chi connectivity index (χ3n) is 1.87. The minimum Gasteiger partial charge on any atom is -0.505 e. The van der Waals surface area contributed by atoms with Crippen LogP contribution in [0.15, 0.2) is 12.1 Å². The molecule has 68 valence electrons. The Hall–Kier alpha value is -1.12. The van der Waals surface area contributed by atoms with Crippen molar-refractivity contribution in [3.8, 4) is 11.5 Å². The first-order valence-corrected chi connectivity index (χ1v) is 4.43. The molecule has 0 spiro atoms. The molecule has 13 heavy (non-hydrogen) atoms. The molecule has 0 saturated heterocycles. The Morgan fingerprint density at radius 1 is 1.38 bits per heavy atom. The summed E-state index contributed by atoms with van der Waals surface area (Å²) in [5.74, 6) is 0.512. The lowest BCUT2D eigenvalue weighted by molar-refractivity contribution is 0.319. The summed E-state index contributed by atoms with van der Waals surface area (Å²) in [5, 5.41) is 9.50. The van der Waals surface area contributed by atoms with Gasteiger partial charge in [-0.25, -0.2) is 0 Å². The van der Waals surface area contributed by atoms with E-state index in [1.54, 1.807) is 6.07 Å². The summed E-state index contributed by atoms with van der Waals surface area (Å²) in [6.45, 7) is 4.43. The predicted molar refractivity (Wildman–Crippen MR) is 54.0 cm³/mol. The highest BCUT2D eigenvalue weighted by Gasteiger charge is 2.05. The van der Waals surface area contributed by atoms with Crippen LogP contribution in [0.5, 0.6) is 11.5 Å². The number of hydrogen-bond acceptors (Lipinski definition) is 2. The number of aromatic hydroxyl groups is 1. The molecule has 0 saturated carbocycles. The van der Waals surface area contributed by atoms with Gasteiger partial charge in [0.25, 0.3) is 0 Å². The molecule has 0 aliphatic rings. The molecule has 0 atom stereocenters. The Kier molecular flexibility index (Phi) is 3.23. The van der Waals surface area contributed by atoms with Crippen LogP contribution in [0.25, 0.3) is 0 Å². The summed E-state index contributed by atoms with van der Waals surface area (Å²) in [6, 6.07) is 3.58. The molecule has 0 aliphatic carbocycles. The second-order valence-electron chi connectivity index (χ2n) is 2.82. The van der Waals surface area contributed by atoms with Gasteiger partial charge in [0.1, 0.15) is 13.6 Å². The third kappa shape index (κ3) is 2.17. The SMILES string of the molecule is [B]c1cc(CC)cc(OCC)c1O. The maximum Gasteiger partial charge on any atom is 0.160 e. The van der Waals surface area contributed by atoms with Crippen LogP contribution in [0.2, 0.25) is 0 Å². The van der Waals surface area contributed by atoms with Crippen molar-refractivity contribution in [2.45, 2.75) is 20.3 Å². The van der Waals surface area contributed by atoms with E-state index in [0.717, 1.165) is 12.0 Å². The number of ether oxygens (including phenoxy) is 1. The van der Waals surface area contributed by atoms with Crippen molar-refractivity contribution in [1.29, 1.82) is 0 Å². The first-order chi connectivity index (χ1) is 6.19. The summed E-state index contributed by atoms with van der Waals surface area (Å²) in [5.41, 5.74) is 1.45. The van der Waals surface area contributed by atoms with Gasteiger partial charge in [-0.1, -0.05) is 18.5 Å². The molecular weight excluding hydrogens is 163 g/mol. The molecule has 0 bridgehead atoms. The molecule has 0 aromatic heterocycles. The lowest BCUT2D eigenvalue weighted by Crippen LogP contribution is -2.07. The van der Waals surface area contributed by atoms with Crippen molar-refractivity contribution >= 4 is 13.3 Å². The fourth-order valence-corrected chi connectivity index (χ4v) is 1.16.